The third-order valence-electron chi connectivity index (χ3n) is 3.74. The average molecular weight is 275 g/mol. The van der Waals surface area contributed by atoms with E-state index in [0.717, 1.165) is 16.3 Å². The van der Waals surface area contributed by atoms with E-state index in [1.54, 1.807) is 6.07 Å². The normalized spacial score (nSPS) is 17.0. The van der Waals surface area contributed by atoms with Crippen LogP contribution < -0.4 is 10.1 Å². The molecular weight excluding hydrogens is 262 g/mol. The van der Waals surface area contributed by atoms with Crippen LogP contribution in [-0.4, -0.2) is 5.91 Å². The van der Waals surface area contributed by atoms with Crippen LogP contribution in [0.1, 0.15) is 22.1 Å². The van der Waals surface area contributed by atoms with Crippen LogP contribution >= 0.6 is 0 Å². The van der Waals surface area contributed by atoms with Crippen molar-refractivity contribution in [2.75, 3.05) is 0 Å². The van der Waals surface area contributed by atoms with E-state index in [-0.39, 0.29) is 5.91 Å². The van der Waals surface area contributed by atoms with E-state index in [4.69, 9.17) is 4.74 Å². The summed E-state index contributed by atoms with van der Waals surface area (Å²) < 4.78 is 5.96. The van der Waals surface area contributed by atoms with Crippen molar-refractivity contribution in [2.24, 2.45) is 0 Å². The Labute approximate surface area is 122 Å². The van der Waals surface area contributed by atoms with Gasteiger partial charge in [-0.1, -0.05) is 54.6 Å². The topological polar surface area (TPSA) is 38.3 Å². The standard InChI is InChI=1S/C18H13NO2/c20-17-15-9-3-4-11-16(15)21-18(19-17)14-10-5-7-12-6-1-2-8-13(12)14/h1-11,18H,(H,19,20)/t18-/m0/s1. The summed E-state index contributed by atoms with van der Waals surface area (Å²) in [7, 11) is 0. The van der Waals surface area contributed by atoms with Gasteiger partial charge in [-0.25, -0.2) is 0 Å². The minimum Gasteiger partial charge on any atom is -0.466 e. The van der Waals surface area contributed by atoms with Gasteiger partial charge in [-0.05, 0) is 22.9 Å². The molecule has 0 radical (unpaired) electrons. The number of benzene rings is 3. The van der Waals surface area contributed by atoms with Gasteiger partial charge in [0.15, 0.2) is 6.23 Å². The van der Waals surface area contributed by atoms with Gasteiger partial charge in [-0.15, -0.1) is 0 Å². The molecule has 1 atom stereocenters. The first-order valence-corrected chi connectivity index (χ1v) is 6.87. The fourth-order valence-electron chi connectivity index (χ4n) is 2.73. The molecule has 3 heteroatoms. The zero-order chi connectivity index (χ0) is 14.2. The Hall–Kier alpha value is -2.81. The van der Waals surface area contributed by atoms with E-state index >= 15 is 0 Å². The summed E-state index contributed by atoms with van der Waals surface area (Å²) in [5.74, 6) is 0.522. The lowest BCUT2D eigenvalue weighted by Gasteiger charge is -2.27. The molecule has 1 aliphatic rings. The van der Waals surface area contributed by atoms with Crippen LogP contribution in [0.4, 0.5) is 0 Å². The van der Waals surface area contributed by atoms with Crippen LogP contribution in [-0.2, 0) is 0 Å². The van der Waals surface area contributed by atoms with Gasteiger partial charge in [0.05, 0.1) is 5.56 Å². The maximum absolute atomic E-state index is 12.2. The zero-order valence-corrected chi connectivity index (χ0v) is 11.2. The van der Waals surface area contributed by atoms with Gasteiger partial charge >= 0.3 is 0 Å². The van der Waals surface area contributed by atoms with Gasteiger partial charge < -0.3 is 10.1 Å². The van der Waals surface area contributed by atoms with Crippen LogP contribution in [0, 0.1) is 0 Å². The summed E-state index contributed by atoms with van der Waals surface area (Å²) in [5.41, 5.74) is 1.55. The first-order valence-electron chi connectivity index (χ1n) is 6.87. The van der Waals surface area contributed by atoms with Crippen molar-refractivity contribution in [1.82, 2.24) is 5.32 Å². The summed E-state index contributed by atoms with van der Waals surface area (Å²) in [6.07, 6.45) is -0.460. The summed E-state index contributed by atoms with van der Waals surface area (Å²) in [5, 5.41) is 5.14. The fourth-order valence-corrected chi connectivity index (χ4v) is 2.73. The lowest BCUT2D eigenvalue weighted by Crippen LogP contribution is -2.36. The Balaban J connectivity index is 1.83. The minimum atomic E-state index is -0.460. The molecule has 1 amide bonds. The number of rotatable bonds is 1. The smallest absolute Gasteiger partial charge is 0.258 e. The number of para-hydroxylation sites is 1. The number of fused-ring (bicyclic) bond motifs is 2. The van der Waals surface area contributed by atoms with E-state index in [2.05, 4.69) is 17.4 Å². The molecule has 102 valence electrons. The maximum atomic E-state index is 12.2. The van der Waals surface area contributed by atoms with Crippen LogP contribution in [0.3, 0.4) is 0 Å². The predicted molar refractivity (Wildman–Crippen MR) is 81.2 cm³/mol. The lowest BCUT2D eigenvalue weighted by molar-refractivity contribution is 0.0759. The van der Waals surface area contributed by atoms with Crippen molar-refractivity contribution < 1.29 is 9.53 Å². The van der Waals surface area contributed by atoms with Crippen molar-refractivity contribution in [3.8, 4) is 5.75 Å². The molecule has 0 aromatic heterocycles. The Bertz CT molecular complexity index is 836. The van der Waals surface area contributed by atoms with E-state index in [9.17, 15) is 4.79 Å². The van der Waals surface area contributed by atoms with Crippen molar-refractivity contribution in [1.29, 1.82) is 0 Å². The molecule has 3 aromatic rings. The third kappa shape index (κ3) is 1.94. The van der Waals surface area contributed by atoms with Crippen molar-refractivity contribution in [3.63, 3.8) is 0 Å². The number of carbonyl (C=O) groups excluding carboxylic acids is 1. The monoisotopic (exact) mass is 275 g/mol. The van der Waals surface area contributed by atoms with Gasteiger partial charge in [-0.3, -0.25) is 4.79 Å². The van der Waals surface area contributed by atoms with E-state index in [1.807, 2.05) is 48.5 Å². The van der Waals surface area contributed by atoms with Gasteiger partial charge in [-0.2, -0.15) is 0 Å². The predicted octanol–water partition coefficient (Wildman–Crippen LogP) is 3.66. The fraction of sp³-hybridized carbons (Fsp3) is 0.0556. The Morgan fingerprint density at radius 3 is 2.57 bits per heavy atom. The number of hydrogen-bond acceptors (Lipinski definition) is 2. The molecule has 0 unspecified atom stereocenters. The molecule has 0 bridgehead atoms. The number of ether oxygens (including phenoxy) is 1. The Kier molecular flexibility index (Phi) is 2.64. The zero-order valence-electron chi connectivity index (χ0n) is 11.2. The molecule has 1 aliphatic heterocycles. The SMILES string of the molecule is O=C1N[C@H](c2cccc3ccccc23)Oc2ccccc21. The second-order valence-corrected chi connectivity index (χ2v) is 5.04. The molecule has 0 spiro atoms. The highest BCUT2D eigenvalue weighted by Gasteiger charge is 2.27. The molecule has 0 saturated carbocycles. The number of nitrogens with one attached hydrogen (secondary N) is 1. The van der Waals surface area contributed by atoms with E-state index in [0.29, 0.717) is 11.3 Å². The summed E-state index contributed by atoms with van der Waals surface area (Å²) in [6.45, 7) is 0. The van der Waals surface area contributed by atoms with Crippen molar-refractivity contribution in [2.45, 2.75) is 6.23 Å². The lowest BCUT2D eigenvalue weighted by atomic mass is 10.0. The maximum Gasteiger partial charge on any atom is 0.258 e. The molecule has 3 aromatic carbocycles. The van der Waals surface area contributed by atoms with Crippen LogP contribution in [0.15, 0.2) is 66.7 Å². The summed E-state index contributed by atoms with van der Waals surface area (Å²) >= 11 is 0. The quantitative estimate of drug-likeness (QED) is 0.736. The molecule has 0 fully saturated rings. The van der Waals surface area contributed by atoms with Gasteiger partial charge in [0.2, 0.25) is 0 Å². The van der Waals surface area contributed by atoms with Crippen LogP contribution in [0.25, 0.3) is 10.8 Å². The minimum absolute atomic E-state index is 0.102. The summed E-state index contributed by atoms with van der Waals surface area (Å²) in [4.78, 5) is 12.2. The first kappa shape index (κ1) is 12.0. The van der Waals surface area contributed by atoms with Crippen LogP contribution in [0.5, 0.6) is 5.75 Å². The average Bonchev–Trinajstić information content (AvgIpc) is 2.54. The number of hydrogen-bond donors (Lipinski definition) is 1. The number of amides is 1. The molecular formula is C18H13NO2. The second kappa shape index (κ2) is 4.63. The third-order valence-corrected chi connectivity index (χ3v) is 3.74. The highest BCUT2D eigenvalue weighted by atomic mass is 16.5. The van der Waals surface area contributed by atoms with Crippen molar-refractivity contribution in [3.05, 3.63) is 77.9 Å². The van der Waals surface area contributed by atoms with Crippen LogP contribution in [0.2, 0.25) is 0 Å². The Morgan fingerprint density at radius 2 is 1.62 bits per heavy atom. The molecule has 4 rings (SSSR count). The molecule has 1 heterocycles. The summed E-state index contributed by atoms with van der Waals surface area (Å²) in [6, 6.07) is 21.4. The second-order valence-electron chi connectivity index (χ2n) is 5.04. The largest absolute Gasteiger partial charge is 0.466 e. The van der Waals surface area contributed by atoms with Crippen molar-refractivity contribution >= 4 is 16.7 Å². The highest BCUT2D eigenvalue weighted by Crippen LogP contribution is 2.31. The van der Waals surface area contributed by atoms with Gasteiger partial charge in [0.1, 0.15) is 5.75 Å². The molecule has 0 saturated heterocycles. The van der Waals surface area contributed by atoms with Gasteiger partial charge in [0, 0.05) is 5.56 Å². The molecule has 3 nitrogen and oxygen atoms in total. The highest BCUT2D eigenvalue weighted by molar-refractivity contribution is 5.98. The molecule has 21 heavy (non-hydrogen) atoms. The Morgan fingerprint density at radius 1 is 0.857 bits per heavy atom. The number of carbonyl (C=O) groups is 1. The van der Waals surface area contributed by atoms with E-state index < -0.39 is 6.23 Å². The van der Waals surface area contributed by atoms with E-state index in [1.165, 1.54) is 0 Å². The first-order chi connectivity index (χ1) is 10.3. The molecule has 1 N–H and O–H groups in total. The van der Waals surface area contributed by atoms with Gasteiger partial charge in [0.25, 0.3) is 5.91 Å². The molecule has 0 aliphatic carbocycles.